The van der Waals surface area contributed by atoms with Crippen LogP contribution in [0.3, 0.4) is 0 Å². The SMILES string of the molecule is COc1cc(CN)c(I)c(OC(F)(F)F)n1. The predicted octanol–water partition coefficient (Wildman–Crippen LogP) is 2.05. The molecule has 1 aromatic heterocycles. The number of hydrogen-bond acceptors (Lipinski definition) is 4. The Morgan fingerprint density at radius 1 is 1.50 bits per heavy atom. The molecule has 0 spiro atoms. The Kier molecular flexibility index (Phi) is 4.19. The van der Waals surface area contributed by atoms with Crippen molar-refractivity contribution in [1.82, 2.24) is 4.98 Å². The molecule has 0 saturated carbocycles. The van der Waals surface area contributed by atoms with Crippen LogP contribution < -0.4 is 15.2 Å². The van der Waals surface area contributed by atoms with Crippen molar-refractivity contribution in [2.24, 2.45) is 5.73 Å². The Balaban J connectivity index is 3.16. The van der Waals surface area contributed by atoms with Gasteiger partial charge in [0.2, 0.25) is 11.8 Å². The summed E-state index contributed by atoms with van der Waals surface area (Å²) in [6.45, 7) is 0.0748. The van der Waals surface area contributed by atoms with Crippen LogP contribution in [0.25, 0.3) is 0 Å². The predicted molar refractivity (Wildman–Crippen MR) is 58.1 cm³/mol. The average molecular weight is 348 g/mol. The van der Waals surface area contributed by atoms with Gasteiger partial charge in [-0.25, -0.2) is 0 Å². The van der Waals surface area contributed by atoms with E-state index in [1.807, 2.05) is 0 Å². The third kappa shape index (κ3) is 3.37. The lowest BCUT2D eigenvalue weighted by atomic mass is 10.2. The van der Waals surface area contributed by atoms with Crippen LogP contribution in [0.5, 0.6) is 11.8 Å². The fourth-order valence-corrected chi connectivity index (χ4v) is 1.57. The van der Waals surface area contributed by atoms with Crippen molar-refractivity contribution in [3.8, 4) is 11.8 Å². The van der Waals surface area contributed by atoms with Crippen molar-refractivity contribution in [1.29, 1.82) is 0 Å². The first-order valence-electron chi connectivity index (χ1n) is 4.06. The second kappa shape index (κ2) is 5.04. The summed E-state index contributed by atoms with van der Waals surface area (Å²) in [6, 6.07) is 1.46. The van der Waals surface area contributed by atoms with Gasteiger partial charge in [-0.1, -0.05) is 0 Å². The maximum atomic E-state index is 12.1. The first kappa shape index (κ1) is 13.3. The Morgan fingerprint density at radius 3 is 2.56 bits per heavy atom. The van der Waals surface area contributed by atoms with Gasteiger partial charge in [-0.05, 0) is 28.2 Å². The largest absolute Gasteiger partial charge is 0.574 e. The number of hydrogen-bond donors (Lipinski definition) is 1. The molecule has 0 aromatic carbocycles. The van der Waals surface area contributed by atoms with E-state index in [0.717, 1.165) is 0 Å². The van der Waals surface area contributed by atoms with Gasteiger partial charge in [-0.3, -0.25) is 0 Å². The lowest BCUT2D eigenvalue weighted by Crippen LogP contribution is -2.19. The molecule has 0 fully saturated rings. The van der Waals surface area contributed by atoms with E-state index in [9.17, 15) is 13.2 Å². The van der Waals surface area contributed by atoms with Crippen molar-refractivity contribution in [3.63, 3.8) is 0 Å². The normalized spacial score (nSPS) is 11.4. The summed E-state index contributed by atoms with van der Waals surface area (Å²) in [5.41, 5.74) is 5.86. The molecule has 4 nitrogen and oxygen atoms in total. The summed E-state index contributed by atoms with van der Waals surface area (Å²) in [7, 11) is 1.30. The number of pyridine rings is 1. The van der Waals surface area contributed by atoms with Crippen molar-refractivity contribution in [3.05, 3.63) is 15.2 Å². The van der Waals surface area contributed by atoms with E-state index in [1.165, 1.54) is 13.2 Å². The molecule has 2 N–H and O–H groups in total. The molecule has 0 amide bonds. The first-order valence-corrected chi connectivity index (χ1v) is 5.14. The summed E-state index contributed by atoms with van der Waals surface area (Å²) >= 11 is 1.69. The zero-order chi connectivity index (χ0) is 12.3. The van der Waals surface area contributed by atoms with Gasteiger partial charge in [0.25, 0.3) is 0 Å². The highest BCUT2D eigenvalue weighted by atomic mass is 127. The van der Waals surface area contributed by atoms with E-state index in [0.29, 0.717) is 5.56 Å². The van der Waals surface area contributed by atoms with Crippen LogP contribution in [0.2, 0.25) is 0 Å². The van der Waals surface area contributed by atoms with Gasteiger partial charge in [-0.15, -0.1) is 13.2 Å². The molecular formula is C8H8F3IN2O2. The number of aromatic nitrogens is 1. The van der Waals surface area contributed by atoms with Crippen LogP contribution in [-0.4, -0.2) is 18.5 Å². The molecule has 0 saturated heterocycles. The summed E-state index contributed by atoms with van der Waals surface area (Å²) in [4.78, 5) is 3.56. The molecule has 90 valence electrons. The highest BCUT2D eigenvalue weighted by Crippen LogP contribution is 2.30. The Morgan fingerprint density at radius 2 is 2.12 bits per heavy atom. The number of alkyl halides is 3. The van der Waals surface area contributed by atoms with Crippen LogP contribution in [-0.2, 0) is 6.54 Å². The monoisotopic (exact) mass is 348 g/mol. The molecule has 0 radical (unpaired) electrons. The number of nitrogens with two attached hydrogens (primary N) is 1. The zero-order valence-corrected chi connectivity index (χ0v) is 10.3. The third-order valence-electron chi connectivity index (χ3n) is 1.62. The number of ether oxygens (including phenoxy) is 2. The van der Waals surface area contributed by atoms with Crippen molar-refractivity contribution in [2.45, 2.75) is 12.9 Å². The minimum Gasteiger partial charge on any atom is -0.481 e. The van der Waals surface area contributed by atoms with Crippen LogP contribution in [0.1, 0.15) is 5.56 Å². The lowest BCUT2D eigenvalue weighted by molar-refractivity contribution is -0.276. The molecule has 16 heavy (non-hydrogen) atoms. The Labute approximate surface area is 103 Å². The maximum Gasteiger partial charge on any atom is 0.574 e. The van der Waals surface area contributed by atoms with E-state index >= 15 is 0 Å². The van der Waals surface area contributed by atoms with Crippen molar-refractivity contribution < 1.29 is 22.6 Å². The first-order chi connectivity index (χ1) is 7.37. The third-order valence-corrected chi connectivity index (χ3v) is 2.77. The molecule has 0 aliphatic rings. The van der Waals surface area contributed by atoms with Gasteiger partial charge in [0, 0.05) is 12.6 Å². The maximum absolute atomic E-state index is 12.1. The smallest absolute Gasteiger partial charge is 0.481 e. The average Bonchev–Trinajstić information content (AvgIpc) is 2.19. The Bertz CT molecular complexity index is 384. The highest BCUT2D eigenvalue weighted by Gasteiger charge is 2.33. The molecule has 0 aliphatic heterocycles. The molecular weight excluding hydrogens is 340 g/mol. The number of nitrogens with zero attached hydrogens (tertiary/aromatic N) is 1. The van der Waals surface area contributed by atoms with Gasteiger partial charge >= 0.3 is 6.36 Å². The summed E-state index contributed by atoms with van der Waals surface area (Å²) < 4.78 is 44.9. The summed E-state index contributed by atoms with van der Waals surface area (Å²) in [5.74, 6) is -0.520. The Hall–Kier alpha value is -0.770. The van der Waals surface area contributed by atoms with Crippen molar-refractivity contribution in [2.75, 3.05) is 7.11 Å². The highest BCUT2D eigenvalue weighted by molar-refractivity contribution is 14.1. The second-order valence-electron chi connectivity index (χ2n) is 2.69. The topological polar surface area (TPSA) is 57.4 Å². The van der Waals surface area contributed by atoms with Gasteiger partial charge in [0.1, 0.15) is 0 Å². The van der Waals surface area contributed by atoms with E-state index < -0.39 is 12.2 Å². The van der Waals surface area contributed by atoms with Gasteiger partial charge in [-0.2, -0.15) is 4.98 Å². The molecule has 0 unspecified atom stereocenters. The van der Waals surface area contributed by atoms with E-state index in [1.54, 1.807) is 22.6 Å². The van der Waals surface area contributed by atoms with E-state index in [4.69, 9.17) is 10.5 Å². The number of methoxy groups -OCH3 is 1. The van der Waals surface area contributed by atoms with Gasteiger partial charge < -0.3 is 15.2 Å². The van der Waals surface area contributed by atoms with Crippen molar-refractivity contribution >= 4 is 22.6 Å². The zero-order valence-electron chi connectivity index (χ0n) is 8.14. The van der Waals surface area contributed by atoms with Gasteiger partial charge in [0.15, 0.2) is 0 Å². The minimum atomic E-state index is -4.79. The molecule has 0 bridgehead atoms. The number of halogens is 4. The lowest BCUT2D eigenvalue weighted by Gasteiger charge is -2.12. The fourth-order valence-electron chi connectivity index (χ4n) is 0.962. The molecule has 8 heteroatoms. The minimum absolute atomic E-state index is 0.0279. The molecule has 0 aliphatic carbocycles. The summed E-state index contributed by atoms with van der Waals surface area (Å²) in [5, 5.41) is 0. The summed E-state index contributed by atoms with van der Waals surface area (Å²) in [6.07, 6.45) is -4.79. The molecule has 1 aromatic rings. The van der Waals surface area contributed by atoms with E-state index in [-0.39, 0.29) is 16.0 Å². The van der Waals surface area contributed by atoms with Crippen LogP contribution in [0.15, 0.2) is 6.07 Å². The van der Waals surface area contributed by atoms with Crippen LogP contribution in [0, 0.1) is 3.57 Å². The molecule has 0 atom stereocenters. The number of rotatable bonds is 3. The van der Waals surface area contributed by atoms with Crippen LogP contribution in [0.4, 0.5) is 13.2 Å². The molecule has 1 rings (SSSR count). The van der Waals surface area contributed by atoms with Gasteiger partial charge in [0.05, 0.1) is 10.7 Å². The quantitative estimate of drug-likeness (QED) is 0.850. The fraction of sp³-hybridized carbons (Fsp3) is 0.375. The standard InChI is InChI=1S/C8H8F3IN2O2/c1-15-5-2-4(3-13)6(12)7(14-5)16-8(9,10)11/h2H,3,13H2,1H3. The molecule has 1 heterocycles. The van der Waals surface area contributed by atoms with Crippen LogP contribution >= 0.6 is 22.6 Å². The van der Waals surface area contributed by atoms with E-state index in [2.05, 4.69) is 9.72 Å². The second-order valence-corrected chi connectivity index (χ2v) is 3.77.